The van der Waals surface area contributed by atoms with Gasteiger partial charge in [0.2, 0.25) is 31.8 Å². The molecule has 15 nitrogen and oxygen atoms in total. The Morgan fingerprint density at radius 2 is 1.06 bits per heavy atom. The highest BCUT2D eigenvalue weighted by atomic mass is 32.2. The fourth-order valence-corrected chi connectivity index (χ4v) is 8.34. The van der Waals surface area contributed by atoms with E-state index in [2.05, 4.69) is 9.44 Å². The van der Waals surface area contributed by atoms with E-state index in [1.165, 1.54) is 72.8 Å². The van der Waals surface area contributed by atoms with Crippen LogP contribution in [-0.4, -0.2) is 44.8 Å². The lowest BCUT2D eigenvalue weighted by atomic mass is 10.0. The van der Waals surface area contributed by atoms with Crippen molar-refractivity contribution in [2.24, 2.45) is 0 Å². The quantitative estimate of drug-likeness (QED) is 0.101. The number of hydrogen-bond donors (Lipinski definition) is 2. The number of aryl methyl sites for hydroxylation is 2. The minimum absolute atomic E-state index is 0.0344. The van der Waals surface area contributed by atoms with E-state index in [1.54, 1.807) is 24.3 Å². The number of nitro groups is 2. The Bertz CT molecular complexity index is 2320. The van der Waals surface area contributed by atoms with Crippen molar-refractivity contribution < 1.29 is 31.1 Å². The summed E-state index contributed by atoms with van der Waals surface area (Å²) in [4.78, 5) is 28.5. The average Bonchev–Trinajstić information content (AvgIpc) is 3.59. The van der Waals surface area contributed by atoms with Crippen molar-refractivity contribution in [3.05, 3.63) is 151 Å². The molecular weight excluding hydrogens is 725 g/mol. The van der Waals surface area contributed by atoms with Crippen LogP contribution >= 0.6 is 0 Å². The summed E-state index contributed by atoms with van der Waals surface area (Å²) in [7, 11) is -8.50. The van der Waals surface area contributed by atoms with E-state index in [9.17, 15) is 37.1 Å². The molecule has 17 heteroatoms. The lowest BCUT2D eigenvalue weighted by Crippen LogP contribution is -2.33. The van der Waals surface area contributed by atoms with Gasteiger partial charge in [0.05, 0.1) is 25.7 Å². The van der Waals surface area contributed by atoms with Crippen LogP contribution in [0.4, 0.5) is 17.3 Å². The first-order valence-corrected chi connectivity index (χ1v) is 19.6. The molecule has 4 aromatic carbocycles. The van der Waals surface area contributed by atoms with Crippen molar-refractivity contribution in [2.45, 2.75) is 55.0 Å². The number of rotatable bonds is 13. The number of piperidine rings is 1. The Hall–Kier alpha value is -5.49. The minimum atomic E-state index is -4.25. The zero-order chi connectivity index (χ0) is 37.9. The van der Waals surface area contributed by atoms with Gasteiger partial charge in [0.15, 0.2) is 0 Å². The van der Waals surface area contributed by atoms with Crippen LogP contribution in [0.2, 0.25) is 0 Å². The predicted octanol–water partition coefficient (Wildman–Crippen LogP) is 6.23. The normalized spacial score (nSPS) is 14.8. The van der Waals surface area contributed by atoms with E-state index in [-0.39, 0.29) is 44.2 Å². The minimum Gasteiger partial charge on any atom is -0.423 e. The topological polar surface area (TPSA) is 208 Å². The van der Waals surface area contributed by atoms with Crippen LogP contribution in [0.1, 0.15) is 65.2 Å². The Morgan fingerprint density at radius 1 is 0.642 bits per heavy atom. The highest BCUT2D eigenvalue weighted by Crippen LogP contribution is 2.38. The van der Waals surface area contributed by atoms with Crippen molar-refractivity contribution in [1.29, 1.82) is 0 Å². The Balaban J connectivity index is 1.54. The lowest BCUT2D eigenvalue weighted by Gasteiger charge is -2.28. The number of oxazole rings is 1. The van der Waals surface area contributed by atoms with Gasteiger partial charge in [0.25, 0.3) is 11.4 Å². The summed E-state index contributed by atoms with van der Waals surface area (Å²) in [6, 6.07) is 20.4. The van der Waals surface area contributed by atoms with E-state index < -0.39 is 42.0 Å². The second-order valence-electron chi connectivity index (χ2n) is 12.7. The Morgan fingerprint density at radius 3 is 1.49 bits per heavy atom. The summed E-state index contributed by atoms with van der Waals surface area (Å²) >= 11 is 0. The number of nitrogens with zero attached hydrogens (tertiary/aromatic N) is 4. The molecule has 0 bridgehead atoms. The van der Waals surface area contributed by atoms with Crippen molar-refractivity contribution in [1.82, 2.24) is 14.4 Å². The molecule has 6 rings (SSSR count). The van der Waals surface area contributed by atoms with Gasteiger partial charge < -0.3 is 9.32 Å². The SMILES string of the molecule is Cc1ccc(S(=O)(=O)NC(c2ccc([N+](=O)[O-])cc2)c2nc(C(NS(=O)(=O)c3ccc(C)cc3)c3ccc([N+](=O)[O-])cc3)c(N3CCCCC3)o2)cc1. The number of anilines is 1. The summed E-state index contributed by atoms with van der Waals surface area (Å²) in [6.45, 7) is 4.68. The second-order valence-corrected chi connectivity index (χ2v) is 16.2. The Labute approximate surface area is 306 Å². The molecule has 2 atom stereocenters. The largest absolute Gasteiger partial charge is 0.423 e. The van der Waals surface area contributed by atoms with Crippen molar-refractivity contribution in [3.63, 3.8) is 0 Å². The number of benzene rings is 4. The standard InChI is InChI=1S/C36H36N6O9S2/c1-24-6-18-30(19-7-24)52(47,48)38-32(26-10-14-28(15-11-26)41(43)44)34-36(40-22-4-3-5-23-40)51-35(37-34)33(27-12-16-29(17-13-27)42(45)46)39-53(49,50)31-20-8-25(2)9-21-31/h6-21,32-33,38-39H,3-5,22-23H2,1-2H3. The van der Waals surface area contributed by atoms with E-state index in [0.29, 0.717) is 18.7 Å². The number of sulfonamides is 2. The maximum Gasteiger partial charge on any atom is 0.269 e. The first-order chi connectivity index (χ1) is 25.2. The van der Waals surface area contributed by atoms with E-state index in [0.717, 1.165) is 30.4 Å². The molecule has 0 radical (unpaired) electrons. The van der Waals surface area contributed by atoms with Crippen LogP contribution in [0.25, 0.3) is 0 Å². The molecule has 0 amide bonds. The van der Waals surface area contributed by atoms with Gasteiger partial charge in [0.1, 0.15) is 11.7 Å². The molecule has 0 aliphatic carbocycles. The molecule has 1 fully saturated rings. The maximum absolute atomic E-state index is 13.9. The van der Waals surface area contributed by atoms with Crippen molar-refractivity contribution in [2.75, 3.05) is 18.0 Å². The zero-order valence-corrected chi connectivity index (χ0v) is 30.3. The van der Waals surface area contributed by atoms with Crippen LogP contribution in [0, 0.1) is 34.1 Å². The first kappa shape index (κ1) is 37.3. The van der Waals surface area contributed by atoms with Crippen LogP contribution < -0.4 is 14.3 Å². The summed E-state index contributed by atoms with van der Waals surface area (Å²) in [5.74, 6) is 0.0164. The summed E-state index contributed by atoms with van der Waals surface area (Å²) in [6.07, 6.45) is 2.53. The molecule has 1 aliphatic heterocycles. The monoisotopic (exact) mass is 760 g/mol. The summed E-state index contributed by atoms with van der Waals surface area (Å²) < 4.78 is 67.4. The van der Waals surface area contributed by atoms with Crippen molar-refractivity contribution >= 4 is 37.3 Å². The number of nitrogens with one attached hydrogen (secondary N) is 2. The van der Waals surface area contributed by atoms with Crippen molar-refractivity contribution in [3.8, 4) is 0 Å². The maximum atomic E-state index is 13.9. The molecule has 2 heterocycles. The van der Waals surface area contributed by atoms with E-state index in [4.69, 9.17) is 9.40 Å². The lowest BCUT2D eigenvalue weighted by molar-refractivity contribution is -0.385. The van der Waals surface area contributed by atoms with Gasteiger partial charge >= 0.3 is 0 Å². The zero-order valence-electron chi connectivity index (χ0n) is 28.7. The van der Waals surface area contributed by atoms with Gasteiger partial charge in [-0.1, -0.05) is 59.7 Å². The highest BCUT2D eigenvalue weighted by Gasteiger charge is 2.35. The third-order valence-electron chi connectivity index (χ3n) is 8.90. The molecule has 2 unspecified atom stereocenters. The summed E-state index contributed by atoms with van der Waals surface area (Å²) in [5, 5.41) is 23.0. The van der Waals surface area contributed by atoms with Gasteiger partial charge in [-0.05, 0) is 68.5 Å². The van der Waals surface area contributed by atoms with E-state index >= 15 is 0 Å². The highest BCUT2D eigenvalue weighted by molar-refractivity contribution is 7.89. The number of non-ortho nitro benzene ring substituents is 2. The molecule has 5 aromatic rings. The molecule has 276 valence electrons. The molecule has 2 N–H and O–H groups in total. The van der Waals surface area contributed by atoms with Crippen LogP contribution in [0.3, 0.4) is 0 Å². The predicted molar refractivity (Wildman–Crippen MR) is 195 cm³/mol. The number of aromatic nitrogens is 1. The van der Waals surface area contributed by atoms with Gasteiger partial charge in [0, 0.05) is 37.4 Å². The molecule has 1 aromatic heterocycles. The van der Waals surface area contributed by atoms with Gasteiger partial charge in [-0.3, -0.25) is 20.2 Å². The third kappa shape index (κ3) is 8.44. The molecule has 1 saturated heterocycles. The summed E-state index contributed by atoms with van der Waals surface area (Å²) in [5.41, 5.74) is 1.90. The van der Waals surface area contributed by atoms with Crippen LogP contribution in [-0.2, 0) is 20.0 Å². The fourth-order valence-electron chi connectivity index (χ4n) is 5.98. The van der Waals surface area contributed by atoms with Crippen LogP contribution in [0.5, 0.6) is 0 Å². The van der Waals surface area contributed by atoms with Gasteiger partial charge in [-0.25, -0.2) is 21.8 Å². The molecule has 0 spiro atoms. The molecule has 1 aliphatic rings. The molecule has 53 heavy (non-hydrogen) atoms. The van der Waals surface area contributed by atoms with Crippen LogP contribution in [0.15, 0.2) is 111 Å². The molecular formula is C36H36N6O9S2. The van der Waals surface area contributed by atoms with Gasteiger partial charge in [-0.15, -0.1) is 0 Å². The average molecular weight is 761 g/mol. The smallest absolute Gasteiger partial charge is 0.269 e. The first-order valence-electron chi connectivity index (χ1n) is 16.6. The molecule has 0 saturated carbocycles. The fraction of sp³-hybridized carbons (Fsp3) is 0.250. The second kappa shape index (κ2) is 15.2. The third-order valence-corrected chi connectivity index (χ3v) is 11.8. The number of hydrogen-bond acceptors (Lipinski definition) is 11. The Kier molecular flexibility index (Phi) is 10.7. The van der Waals surface area contributed by atoms with Gasteiger partial charge in [-0.2, -0.15) is 9.44 Å². The van der Waals surface area contributed by atoms with E-state index in [1.807, 2.05) is 18.7 Å². The number of nitro benzene ring substituents is 2.